The Balaban J connectivity index is 1.49. The first-order valence-electron chi connectivity index (χ1n) is 13.9. The van der Waals surface area contributed by atoms with Gasteiger partial charge in [0, 0.05) is 35.3 Å². The molecule has 0 aliphatic heterocycles. The Kier molecular flexibility index (Phi) is 9.37. The Labute approximate surface area is 254 Å². The number of fused-ring (bicyclic) bond motifs is 1. The molecule has 2 N–H and O–H groups in total. The molecule has 45 heavy (non-hydrogen) atoms. The van der Waals surface area contributed by atoms with Crippen LogP contribution in [0.15, 0.2) is 54.9 Å². The topological polar surface area (TPSA) is 112 Å². The molecule has 0 unspecified atom stereocenters. The minimum absolute atomic E-state index is 0.0856. The minimum atomic E-state index is -4.37. The second kappa shape index (κ2) is 13.4. The van der Waals surface area contributed by atoms with Crippen LogP contribution in [0.5, 0.6) is 11.5 Å². The van der Waals surface area contributed by atoms with E-state index in [0.717, 1.165) is 12.1 Å². The van der Waals surface area contributed by atoms with Crippen molar-refractivity contribution in [3.05, 3.63) is 77.9 Å². The van der Waals surface area contributed by atoms with Crippen LogP contribution in [0.4, 0.5) is 33.6 Å². The lowest BCUT2D eigenvalue weighted by Crippen LogP contribution is -2.38. The first kappa shape index (κ1) is 31.5. The van der Waals surface area contributed by atoms with Crippen LogP contribution in [-0.4, -0.2) is 61.7 Å². The predicted molar refractivity (Wildman–Crippen MR) is 156 cm³/mol. The largest absolute Gasteiger partial charge is 0.494 e. The lowest BCUT2D eigenvalue weighted by atomic mass is 10.1. The molecule has 5 aromatic rings. The molecular formula is C30H29F5N8O2. The third-order valence-electron chi connectivity index (χ3n) is 6.52. The second-order valence-corrected chi connectivity index (χ2v) is 10.1. The Morgan fingerprint density at radius 3 is 2.47 bits per heavy atom. The average Bonchev–Trinajstić information content (AvgIpc) is 3.35. The summed E-state index contributed by atoms with van der Waals surface area (Å²) in [5, 5.41) is 10.7. The molecule has 15 heteroatoms. The van der Waals surface area contributed by atoms with Gasteiger partial charge in [0.25, 0.3) is 0 Å². The lowest BCUT2D eigenvalue weighted by Gasteiger charge is -2.18. The van der Waals surface area contributed by atoms with Gasteiger partial charge in [-0.25, -0.2) is 28.7 Å². The minimum Gasteiger partial charge on any atom is -0.494 e. The fourth-order valence-electron chi connectivity index (χ4n) is 4.43. The number of alkyl halides is 3. The number of nitrogens with one attached hydrogen (secondary N) is 2. The molecule has 0 radical (unpaired) electrons. The molecule has 0 aliphatic carbocycles. The van der Waals surface area contributed by atoms with Gasteiger partial charge in [-0.2, -0.15) is 18.3 Å². The number of anilines is 2. The number of aryl methyl sites for hydroxylation is 1. The lowest BCUT2D eigenvalue weighted by molar-refractivity contribution is -0.126. The van der Waals surface area contributed by atoms with Gasteiger partial charge in [0.05, 0.1) is 31.4 Å². The number of para-hydroxylation sites is 1. The van der Waals surface area contributed by atoms with Gasteiger partial charge in [0.2, 0.25) is 0 Å². The van der Waals surface area contributed by atoms with Crippen molar-refractivity contribution < 1.29 is 31.4 Å². The van der Waals surface area contributed by atoms with E-state index in [0.29, 0.717) is 28.2 Å². The van der Waals surface area contributed by atoms with Crippen molar-refractivity contribution >= 4 is 22.5 Å². The van der Waals surface area contributed by atoms with Crippen LogP contribution in [0, 0.1) is 18.6 Å². The van der Waals surface area contributed by atoms with E-state index in [9.17, 15) is 22.0 Å². The van der Waals surface area contributed by atoms with Crippen LogP contribution in [0.2, 0.25) is 0 Å². The number of hydrogen-bond acceptors (Lipinski definition) is 9. The molecule has 0 amide bonds. The number of nitrogens with zero attached hydrogens (tertiary/aromatic N) is 6. The summed E-state index contributed by atoms with van der Waals surface area (Å²) >= 11 is 0. The second-order valence-electron chi connectivity index (χ2n) is 10.1. The highest BCUT2D eigenvalue weighted by Gasteiger charge is 2.27. The van der Waals surface area contributed by atoms with Crippen molar-refractivity contribution in [2.75, 3.05) is 25.1 Å². The fraction of sp³-hybridized carbons (Fsp3) is 0.300. The van der Waals surface area contributed by atoms with Crippen LogP contribution < -0.4 is 20.1 Å². The molecule has 5 rings (SSSR count). The third-order valence-corrected chi connectivity index (χ3v) is 6.52. The van der Waals surface area contributed by atoms with Gasteiger partial charge in [0.1, 0.15) is 41.3 Å². The molecule has 236 valence electrons. The van der Waals surface area contributed by atoms with E-state index in [4.69, 9.17) is 9.47 Å². The van der Waals surface area contributed by atoms with Gasteiger partial charge in [0.15, 0.2) is 17.4 Å². The van der Waals surface area contributed by atoms with Crippen LogP contribution in [-0.2, 0) is 6.54 Å². The number of halogens is 5. The monoisotopic (exact) mass is 628 g/mol. The maximum Gasteiger partial charge on any atom is 0.401 e. The maximum absolute atomic E-state index is 14.9. The van der Waals surface area contributed by atoms with Gasteiger partial charge >= 0.3 is 6.18 Å². The maximum atomic E-state index is 14.9. The van der Waals surface area contributed by atoms with Crippen molar-refractivity contribution in [2.24, 2.45) is 0 Å². The molecular weight excluding hydrogens is 599 g/mol. The molecule has 2 aromatic carbocycles. The number of rotatable bonds is 12. The first-order valence-corrected chi connectivity index (χ1v) is 13.9. The van der Waals surface area contributed by atoms with Gasteiger partial charge in [-0.15, -0.1) is 0 Å². The highest BCUT2D eigenvalue weighted by Crippen LogP contribution is 2.32. The summed E-state index contributed by atoms with van der Waals surface area (Å²) < 4.78 is 80.3. The van der Waals surface area contributed by atoms with Crippen molar-refractivity contribution in [1.82, 2.24) is 35.0 Å². The molecule has 0 spiro atoms. The summed E-state index contributed by atoms with van der Waals surface area (Å²) in [6.07, 6.45) is -1.45. The quantitative estimate of drug-likeness (QED) is 0.161. The number of benzene rings is 2. The zero-order valence-electron chi connectivity index (χ0n) is 24.5. The zero-order valence-corrected chi connectivity index (χ0v) is 24.5. The van der Waals surface area contributed by atoms with E-state index in [1.165, 1.54) is 10.9 Å². The van der Waals surface area contributed by atoms with Crippen molar-refractivity contribution in [2.45, 2.75) is 39.5 Å². The van der Waals surface area contributed by atoms with Crippen LogP contribution in [0.25, 0.3) is 22.4 Å². The summed E-state index contributed by atoms with van der Waals surface area (Å²) in [5.41, 5.74) is 0.707. The number of aromatic nitrogens is 6. The van der Waals surface area contributed by atoms with Gasteiger partial charge in [-0.05, 0) is 32.9 Å². The fourth-order valence-corrected chi connectivity index (χ4v) is 4.43. The van der Waals surface area contributed by atoms with Crippen molar-refractivity contribution in [3.63, 3.8) is 0 Å². The van der Waals surface area contributed by atoms with E-state index in [-0.39, 0.29) is 48.5 Å². The Bertz CT molecular complexity index is 1770. The molecule has 3 aromatic heterocycles. The summed E-state index contributed by atoms with van der Waals surface area (Å²) in [6.45, 7) is 3.73. The molecule has 0 saturated carbocycles. The molecule has 0 fully saturated rings. The molecule has 3 heterocycles. The molecule has 10 nitrogen and oxygen atoms in total. The number of hydrogen-bond donors (Lipinski definition) is 2. The first-order chi connectivity index (χ1) is 21.5. The SMILES string of the molecule is CCOc1cc(F)c(Cn2nc(-c3ncc(OC[C@H](C)NCC(F)(F)F)c(Nc4ccnc(C)n4)n3)c3ccccc32)c(F)c1. The average molecular weight is 629 g/mol. The summed E-state index contributed by atoms with van der Waals surface area (Å²) in [4.78, 5) is 17.4. The van der Waals surface area contributed by atoms with Gasteiger partial charge in [-0.1, -0.05) is 18.2 Å². The Morgan fingerprint density at radius 2 is 1.76 bits per heavy atom. The van der Waals surface area contributed by atoms with E-state index in [1.54, 1.807) is 57.3 Å². The standard InChI is InChI=1S/C30H29F5N8O2/c1-4-44-19-11-22(31)21(23(32)12-19)14-43-24-8-6-5-7-20(24)27(42-43)29-37-13-25(45-15-17(2)38-16-30(33,34)35)28(41-29)40-26-9-10-36-18(3)39-26/h5-13,17,38H,4,14-16H2,1-3H3,(H,36,37,39,40,41)/t17-/m0/s1. The normalized spacial score (nSPS) is 12.4. The summed E-state index contributed by atoms with van der Waals surface area (Å²) in [5.74, 6) is -0.117. The van der Waals surface area contributed by atoms with Crippen LogP contribution in [0.3, 0.4) is 0 Å². The van der Waals surface area contributed by atoms with Crippen LogP contribution >= 0.6 is 0 Å². The number of ether oxygens (including phenoxy) is 2. The summed E-state index contributed by atoms with van der Waals surface area (Å²) in [7, 11) is 0. The highest BCUT2D eigenvalue weighted by molar-refractivity contribution is 5.92. The van der Waals surface area contributed by atoms with E-state index < -0.39 is 30.4 Å². The molecule has 0 saturated heterocycles. The third kappa shape index (κ3) is 7.78. The zero-order chi connectivity index (χ0) is 32.1. The molecule has 1 atom stereocenters. The van der Waals surface area contributed by atoms with Crippen molar-refractivity contribution in [1.29, 1.82) is 0 Å². The van der Waals surface area contributed by atoms with E-state index >= 15 is 0 Å². The van der Waals surface area contributed by atoms with Gasteiger partial charge in [-0.3, -0.25) is 4.68 Å². The molecule has 0 aliphatic rings. The predicted octanol–water partition coefficient (Wildman–Crippen LogP) is 5.98. The highest BCUT2D eigenvalue weighted by atomic mass is 19.4. The van der Waals surface area contributed by atoms with E-state index in [2.05, 4.69) is 35.7 Å². The Morgan fingerprint density at radius 1 is 1.00 bits per heavy atom. The van der Waals surface area contributed by atoms with Crippen LogP contribution in [0.1, 0.15) is 25.2 Å². The van der Waals surface area contributed by atoms with Crippen molar-refractivity contribution in [3.8, 4) is 23.0 Å². The Hall–Kier alpha value is -4.92. The van der Waals surface area contributed by atoms with E-state index in [1.807, 2.05) is 0 Å². The smallest absolute Gasteiger partial charge is 0.401 e. The van der Waals surface area contributed by atoms with Gasteiger partial charge < -0.3 is 20.1 Å². The summed E-state index contributed by atoms with van der Waals surface area (Å²) in [6, 6.07) is 10.3. The molecule has 0 bridgehead atoms.